The summed E-state index contributed by atoms with van der Waals surface area (Å²) in [6.45, 7) is 4.36. The Hall–Kier alpha value is -4.02. The molecule has 3 aromatic rings. The van der Waals surface area contributed by atoms with Gasteiger partial charge in [-0.1, -0.05) is 11.2 Å². The van der Waals surface area contributed by atoms with E-state index in [1.807, 2.05) is 12.1 Å². The minimum absolute atomic E-state index is 0.0724. The SMILES string of the molecule is CC(=O)N1CCN(c2ccc(NC(=O)c3nnc(Nc4cccc(F)c4F)o3)cc2)CC1. The van der Waals surface area contributed by atoms with Crippen molar-refractivity contribution in [2.24, 2.45) is 0 Å². The Bertz CT molecular complexity index is 1130. The predicted molar refractivity (Wildman–Crippen MR) is 113 cm³/mol. The molecule has 2 heterocycles. The summed E-state index contributed by atoms with van der Waals surface area (Å²) in [5, 5.41) is 12.3. The van der Waals surface area contributed by atoms with E-state index in [1.165, 1.54) is 12.1 Å². The van der Waals surface area contributed by atoms with Gasteiger partial charge in [0.1, 0.15) is 0 Å². The van der Waals surface area contributed by atoms with Crippen LogP contribution in [-0.4, -0.2) is 53.1 Å². The van der Waals surface area contributed by atoms with Gasteiger partial charge < -0.3 is 24.9 Å². The van der Waals surface area contributed by atoms with Crippen molar-refractivity contribution < 1.29 is 22.8 Å². The van der Waals surface area contributed by atoms with E-state index in [1.54, 1.807) is 24.0 Å². The van der Waals surface area contributed by atoms with Crippen LogP contribution in [0.1, 0.15) is 17.6 Å². The van der Waals surface area contributed by atoms with E-state index in [0.717, 1.165) is 24.8 Å². The van der Waals surface area contributed by atoms with E-state index >= 15 is 0 Å². The maximum atomic E-state index is 13.7. The molecule has 4 rings (SSSR count). The highest BCUT2D eigenvalue weighted by atomic mass is 19.2. The molecule has 9 nitrogen and oxygen atoms in total. The highest BCUT2D eigenvalue weighted by Gasteiger charge is 2.20. The first-order valence-electron chi connectivity index (χ1n) is 9.87. The third kappa shape index (κ3) is 4.66. The molecule has 1 aliphatic rings. The molecule has 1 saturated heterocycles. The number of aromatic nitrogens is 2. The molecular weight excluding hydrogens is 422 g/mol. The highest BCUT2D eigenvalue weighted by molar-refractivity contribution is 6.01. The van der Waals surface area contributed by atoms with Crippen molar-refractivity contribution >= 4 is 34.9 Å². The van der Waals surface area contributed by atoms with Crippen LogP contribution in [0.5, 0.6) is 0 Å². The second-order valence-corrected chi connectivity index (χ2v) is 7.13. The van der Waals surface area contributed by atoms with Crippen molar-refractivity contribution in [1.82, 2.24) is 15.1 Å². The second-order valence-electron chi connectivity index (χ2n) is 7.13. The monoisotopic (exact) mass is 442 g/mol. The van der Waals surface area contributed by atoms with Gasteiger partial charge in [-0.25, -0.2) is 8.78 Å². The summed E-state index contributed by atoms with van der Waals surface area (Å²) >= 11 is 0. The van der Waals surface area contributed by atoms with Crippen molar-refractivity contribution in [3.8, 4) is 0 Å². The van der Waals surface area contributed by atoms with E-state index in [0.29, 0.717) is 18.8 Å². The van der Waals surface area contributed by atoms with Crippen molar-refractivity contribution in [1.29, 1.82) is 0 Å². The summed E-state index contributed by atoms with van der Waals surface area (Å²) in [5.41, 5.74) is 1.30. The largest absolute Gasteiger partial charge is 0.399 e. The lowest BCUT2D eigenvalue weighted by molar-refractivity contribution is -0.129. The minimum Gasteiger partial charge on any atom is -0.399 e. The molecular formula is C21H20F2N6O3. The fourth-order valence-corrected chi connectivity index (χ4v) is 3.30. The molecule has 0 unspecified atom stereocenters. The molecule has 32 heavy (non-hydrogen) atoms. The molecule has 0 aliphatic carbocycles. The number of hydrogen-bond donors (Lipinski definition) is 2. The molecule has 2 amide bonds. The van der Waals surface area contributed by atoms with Crippen LogP contribution in [0.4, 0.5) is 31.9 Å². The van der Waals surface area contributed by atoms with Gasteiger partial charge in [0.15, 0.2) is 11.6 Å². The molecule has 11 heteroatoms. The Balaban J connectivity index is 1.35. The maximum Gasteiger partial charge on any atom is 0.320 e. The molecule has 2 aromatic carbocycles. The van der Waals surface area contributed by atoms with Gasteiger partial charge in [0.05, 0.1) is 5.69 Å². The summed E-state index contributed by atoms with van der Waals surface area (Å²) in [4.78, 5) is 27.8. The van der Waals surface area contributed by atoms with Gasteiger partial charge in [-0.15, -0.1) is 5.10 Å². The fourth-order valence-electron chi connectivity index (χ4n) is 3.30. The zero-order valence-corrected chi connectivity index (χ0v) is 17.1. The molecule has 1 fully saturated rings. The first-order valence-corrected chi connectivity index (χ1v) is 9.87. The smallest absolute Gasteiger partial charge is 0.320 e. The minimum atomic E-state index is -1.10. The number of piperazine rings is 1. The highest BCUT2D eigenvalue weighted by Crippen LogP contribution is 2.22. The maximum absolute atomic E-state index is 13.7. The molecule has 0 saturated carbocycles. The van der Waals surface area contributed by atoms with Crippen LogP contribution >= 0.6 is 0 Å². The molecule has 1 aliphatic heterocycles. The van der Waals surface area contributed by atoms with Gasteiger partial charge in [-0.05, 0) is 36.4 Å². The second kappa shape index (κ2) is 9.00. The fraction of sp³-hybridized carbons (Fsp3) is 0.238. The lowest BCUT2D eigenvalue weighted by Gasteiger charge is -2.35. The Kier molecular flexibility index (Phi) is 5.97. The molecule has 166 valence electrons. The van der Waals surface area contributed by atoms with Gasteiger partial charge in [0.2, 0.25) is 5.91 Å². The van der Waals surface area contributed by atoms with Gasteiger partial charge in [-0.3, -0.25) is 9.59 Å². The Morgan fingerprint density at radius 3 is 2.41 bits per heavy atom. The van der Waals surface area contributed by atoms with E-state index < -0.39 is 17.5 Å². The first kappa shape index (κ1) is 21.2. The number of carbonyl (C=O) groups is 2. The standard InChI is InChI=1S/C21H20F2N6O3/c1-13(30)28-9-11-29(12-10-28)15-7-5-14(6-8-15)24-19(31)20-26-27-21(32-20)25-17-4-2-3-16(22)18(17)23/h2-8H,9-12H2,1H3,(H,24,31)(H,25,27). The summed E-state index contributed by atoms with van der Waals surface area (Å²) < 4.78 is 32.2. The average molecular weight is 442 g/mol. The summed E-state index contributed by atoms with van der Waals surface area (Å²) in [7, 11) is 0. The Morgan fingerprint density at radius 1 is 1.00 bits per heavy atom. The molecule has 0 atom stereocenters. The van der Waals surface area contributed by atoms with Gasteiger partial charge in [0.25, 0.3) is 0 Å². The average Bonchev–Trinajstić information content (AvgIpc) is 3.26. The Morgan fingerprint density at radius 2 is 1.72 bits per heavy atom. The van der Waals surface area contributed by atoms with Crippen LogP contribution < -0.4 is 15.5 Å². The third-order valence-electron chi connectivity index (χ3n) is 5.03. The number of benzene rings is 2. The molecule has 2 N–H and O–H groups in total. The van der Waals surface area contributed by atoms with Crippen LogP contribution in [0.3, 0.4) is 0 Å². The zero-order valence-electron chi connectivity index (χ0n) is 17.1. The molecule has 0 radical (unpaired) electrons. The number of carbonyl (C=O) groups excluding carboxylic acids is 2. The summed E-state index contributed by atoms with van der Waals surface area (Å²) in [6, 6.07) is 10.6. The van der Waals surface area contributed by atoms with Crippen molar-refractivity contribution in [3.05, 3.63) is 60.0 Å². The van der Waals surface area contributed by atoms with E-state index in [9.17, 15) is 18.4 Å². The van der Waals surface area contributed by atoms with Crippen LogP contribution in [0, 0.1) is 11.6 Å². The number of nitrogens with one attached hydrogen (secondary N) is 2. The molecule has 1 aromatic heterocycles. The van der Waals surface area contributed by atoms with Gasteiger partial charge in [-0.2, -0.15) is 0 Å². The zero-order chi connectivity index (χ0) is 22.7. The number of hydrogen-bond acceptors (Lipinski definition) is 7. The number of rotatable bonds is 5. The third-order valence-corrected chi connectivity index (χ3v) is 5.03. The number of anilines is 4. The Labute approximate surface area is 182 Å². The lowest BCUT2D eigenvalue weighted by atomic mass is 10.2. The van der Waals surface area contributed by atoms with Crippen LogP contribution in [0.25, 0.3) is 0 Å². The number of amides is 2. The first-order chi connectivity index (χ1) is 15.4. The van der Waals surface area contributed by atoms with Crippen LogP contribution in [-0.2, 0) is 4.79 Å². The summed E-state index contributed by atoms with van der Waals surface area (Å²) in [5.74, 6) is -3.04. The van der Waals surface area contributed by atoms with E-state index in [-0.39, 0.29) is 23.5 Å². The van der Waals surface area contributed by atoms with Gasteiger partial charge in [0, 0.05) is 44.5 Å². The van der Waals surface area contributed by atoms with Crippen molar-refractivity contribution in [2.75, 3.05) is 41.7 Å². The number of nitrogens with zero attached hydrogens (tertiary/aromatic N) is 4. The predicted octanol–water partition coefficient (Wildman–Crippen LogP) is 3.01. The number of halogens is 2. The van der Waals surface area contributed by atoms with Crippen LogP contribution in [0.15, 0.2) is 46.9 Å². The van der Waals surface area contributed by atoms with Crippen molar-refractivity contribution in [3.63, 3.8) is 0 Å². The van der Waals surface area contributed by atoms with E-state index in [2.05, 4.69) is 25.7 Å². The van der Waals surface area contributed by atoms with E-state index in [4.69, 9.17) is 4.42 Å². The quantitative estimate of drug-likeness (QED) is 0.626. The van der Waals surface area contributed by atoms with Crippen LogP contribution in [0.2, 0.25) is 0 Å². The molecule has 0 spiro atoms. The normalized spacial score (nSPS) is 13.7. The van der Waals surface area contributed by atoms with Gasteiger partial charge >= 0.3 is 17.8 Å². The summed E-state index contributed by atoms with van der Waals surface area (Å²) in [6.07, 6.45) is 0. The lowest BCUT2D eigenvalue weighted by Crippen LogP contribution is -2.48. The topological polar surface area (TPSA) is 104 Å². The molecule has 0 bridgehead atoms. The van der Waals surface area contributed by atoms with Crippen molar-refractivity contribution in [2.45, 2.75) is 6.92 Å².